The molecule has 1 amide bonds. The van der Waals surface area contributed by atoms with Gasteiger partial charge in [0.05, 0.1) is 18.0 Å². The SMILES string of the molecule is O=C1/C(=C/c2cccc3ccccc23)SC(=NCc2ccccc2)N1Cc1ccccc1. The standard InChI is InChI=1S/C28H22N2OS/c31-27-26(18-24-16-9-15-23-14-7-8-17-25(23)24)32-28(29-19-21-10-3-1-4-11-21)30(27)20-22-12-5-2-6-13-22/h1-18H,19-20H2/b26-18-,29-28?. The zero-order valence-electron chi connectivity index (χ0n) is 17.5. The Hall–Kier alpha value is -3.63. The van der Waals surface area contributed by atoms with Crippen LogP contribution in [0.15, 0.2) is 113 Å². The van der Waals surface area contributed by atoms with Gasteiger partial charge in [-0.2, -0.15) is 0 Å². The molecule has 0 unspecified atom stereocenters. The van der Waals surface area contributed by atoms with E-state index in [2.05, 4.69) is 36.4 Å². The van der Waals surface area contributed by atoms with E-state index >= 15 is 0 Å². The summed E-state index contributed by atoms with van der Waals surface area (Å²) in [6.45, 7) is 1.05. The number of fused-ring (bicyclic) bond motifs is 1. The van der Waals surface area contributed by atoms with Gasteiger partial charge in [-0.05, 0) is 45.3 Å². The summed E-state index contributed by atoms with van der Waals surface area (Å²) in [4.78, 5) is 20.7. The molecular formula is C28H22N2OS. The average molecular weight is 435 g/mol. The minimum absolute atomic E-state index is 0.00130. The van der Waals surface area contributed by atoms with E-state index in [4.69, 9.17) is 4.99 Å². The van der Waals surface area contributed by atoms with Crippen molar-refractivity contribution in [2.24, 2.45) is 4.99 Å². The van der Waals surface area contributed by atoms with Crippen molar-refractivity contribution in [2.45, 2.75) is 13.1 Å². The second-order valence-corrected chi connectivity index (χ2v) is 8.65. The first-order chi connectivity index (χ1) is 15.8. The minimum Gasteiger partial charge on any atom is -0.282 e. The van der Waals surface area contributed by atoms with Crippen LogP contribution in [0.4, 0.5) is 0 Å². The highest BCUT2D eigenvalue weighted by molar-refractivity contribution is 8.18. The molecule has 0 radical (unpaired) electrons. The molecule has 1 aliphatic heterocycles. The third-order valence-corrected chi connectivity index (χ3v) is 6.47. The Kier molecular flexibility index (Phi) is 5.86. The molecule has 5 rings (SSSR count). The number of rotatable bonds is 5. The Labute approximate surface area is 192 Å². The zero-order valence-corrected chi connectivity index (χ0v) is 18.3. The number of hydrogen-bond donors (Lipinski definition) is 0. The minimum atomic E-state index is -0.00130. The summed E-state index contributed by atoms with van der Waals surface area (Å²) < 4.78 is 0. The van der Waals surface area contributed by atoms with Gasteiger partial charge in [0.15, 0.2) is 5.17 Å². The lowest BCUT2D eigenvalue weighted by molar-refractivity contribution is -0.122. The molecule has 1 fully saturated rings. The summed E-state index contributed by atoms with van der Waals surface area (Å²) in [5.41, 5.74) is 3.25. The van der Waals surface area contributed by atoms with Gasteiger partial charge >= 0.3 is 0 Å². The van der Waals surface area contributed by atoms with Gasteiger partial charge in [0, 0.05) is 0 Å². The Morgan fingerprint density at radius 2 is 1.41 bits per heavy atom. The van der Waals surface area contributed by atoms with Crippen molar-refractivity contribution in [3.8, 4) is 0 Å². The second kappa shape index (κ2) is 9.25. The molecule has 0 N–H and O–H groups in total. The Bertz CT molecular complexity index is 1310. The van der Waals surface area contributed by atoms with Crippen LogP contribution in [-0.4, -0.2) is 16.0 Å². The van der Waals surface area contributed by atoms with Crippen molar-refractivity contribution in [2.75, 3.05) is 0 Å². The van der Waals surface area contributed by atoms with Crippen LogP contribution in [0, 0.1) is 0 Å². The fraction of sp³-hybridized carbons (Fsp3) is 0.0714. The van der Waals surface area contributed by atoms with Gasteiger partial charge < -0.3 is 0 Å². The van der Waals surface area contributed by atoms with Gasteiger partial charge in [0.25, 0.3) is 5.91 Å². The van der Waals surface area contributed by atoms with E-state index in [0.717, 1.165) is 32.6 Å². The van der Waals surface area contributed by atoms with E-state index in [-0.39, 0.29) is 5.91 Å². The van der Waals surface area contributed by atoms with Crippen molar-refractivity contribution in [3.05, 3.63) is 125 Å². The predicted molar refractivity (Wildman–Crippen MR) is 134 cm³/mol. The van der Waals surface area contributed by atoms with E-state index in [1.165, 1.54) is 11.8 Å². The largest absolute Gasteiger partial charge is 0.282 e. The van der Waals surface area contributed by atoms with Crippen LogP contribution in [0.25, 0.3) is 16.8 Å². The molecule has 0 bridgehead atoms. The maximum atomic E-state index is 13.4. The number of thioether (sulfide) groups is 1. The first-order valence-electron chi connectivity index (χ1n) is 10.6. The molecule has 1 heterocycles. The highest BCUT2D eigenvalue weighted by atomic mass is 32.2. The van der Waals surface area contributed by atoms with Gasteiger partial charge in [0.2, 0.25) is 0 Å². The van der Waals surface area contributed by atoms with E-state index < -0.39 is 0 Å². The van der Waals surface area contributed by atoms with Crippen LogP contribution in [0.1, 0.15) is 16.7 Å². The van der Waals surface area contributed by atoms with E-state index in [1.807, 2.05) is 72.8 Å². The third kappa shape index (κ3) is 4.36. The molecule has 1 saturated heterocycles. The molecule has 4 aromatic carbocycles. The van der Waals surface area contributed by atoms with Crippen LogP contribution in [0.2, 0.25) is 0 Å². The zero-order chi connectivity index (χ0) is 21.8. The quantitative estimate of drug-likeness (QED) is 0.335. The number of carbonyl (C=O) groups is 1. The van der Waals surface area contributed by atoms with Crippen molar-refractivity contribution in [1.29, 1.82) is 0 Å². The van der Waals surface area contributed by atoms with E-state index in [9.17, 15) is 4.79 Å². The number of amidine groups is 1. The van der Waals surface area contributed by atoms with Gasteiger partial charge in [-0.1, -0.05) is 103 Å². The third-order valence-electron chi connectivity index (χ3n) is 5.42. The normalized spacial score (nSPS) is 16.4. The Balaban J connectivity index is 1.50. The molecule has 156 valence electrons. The van der Waals surface area contributed by atoms with Crippen LogP contribution in [0.5, 0.6) is 0 Å². The van der Waals surface area contributed by atoms with E-state index in [1.54, 1.807) is 4.90 Å². The maximum Gasteiger partial charge on any atom is 0.267 e. The molecule has 1 aliphatic rings. The number of aliphatic imine (C=N–C) groups is 1. The number of amides is 1. The van der Waals surface area contributed by atoms with Gasteiger partial charge in [-0.3, -0.25) is 14.7 Å². The molecule has 0 atom stereocenters. The number of nitrogens with zero attached hydrogens (tertiary/aromatic N) is 2. The molecular weight excluding hydrogens is 412 g/mol. The topological polar surface area (TPSA) is 32.7 Å². The fourth-order valence-corrected chi connectivity index (χ4v) is 4.76. The lowest BCUT2D eigenvalue weighted by Gasteiger charge is -2.15. The molecule has 32 heavy (non-hydrogen) atoms. The average Bonchev–Trinajstić information content (AvgIpc) is 3.13. The molecule has 4 aromatic rings. The Morgan fingerprint density at radius 3 is 2.19 bits per heavy atom. The van der Waals surface area contributed by atoms with Gasteiger partial charge in [0.1, 0.15) is 0 Å². The molecule has 0 saturated carbocycles. The first kappa shape index (κ1) is 20.3. The second-order valence-electron chi connectivity index (χ2n) is 7.64. The summed E-state index contributed by atoms with van der Waals surface area (Å²) >= 11 is 1.46. The van der Waals surface area contributed by atoms with Crippen LogP contribution in [-0.2, 0) is 17.9 Å². The number of benzene rings is 4. The molecule has 0 aromatic heterocycles. The highest BCUT2D eigenvalue weighted by Crippen LogP contribution is 2.35. The molecule has 4 heteroatoms. The maximum absolute atomic E-state index is 13.4. The molecule has 3 nitrogen and oxygen atoms in total. The van der Waals surface area contributed by atoms with Crippen LogP contribution in [0.3, 0.4) is 0 Å². The number of hydrogen-bond acceptors (Lipinski definition) is 3. The summed E-state index contributed by atoms with van der Waals surface area (Å²) in [6, 6.07) is 34.6. The van der Waals surface area contributed by atoms with Gasteiger partial charge in [-0.25, -0.2) is 0 Å². The van der Waals surface area contributed by atoms with Crippen molar-refractivity contribution >= 4 is 39.7 Å². The van der Waals surface area contributed by atoms with Crippen molar-refractivity contribution in [3.63, 3.8) is 0 Å². The number of carbonyl (C=O) groups excluding carboxylic acids is 1. The highest BCUT2D eigenvalue weighted by Gasteiger charge is 2.33. The summed E-state index contributed by atoms with van der Waals surface area (Å²) in [7, 11) is 0. The van der Waals surface area contributed by atoms with Crippen molar-refractivity contribution < 1.29 is 4.79 Å². The lowest BCUT2D eigenvalue weighted by Crippen LogP contribution is -2.28. The van der Waals surface area contributed by atoms with E-state index in [0.29, 0.717) is 18.0 Å². The predicted octanol–water partition coefficient (Wildman–Crippen LogP) is 6.51. The molecule has 0 spiro atoms. The van der Waals surface area contributed by atoms with Gasteiger partial charge in [-0.15, -0.1) is 0 Å². The summed E-state index contributed by atoms with van der Waals surface area (Å²) in [6.07, 6.45) is 2.00. The molecule has 0 aliphatic carbocycles. The van der Waals surface area contributed by atoms with Crippen molar-refractivity contribution in [1.82, 2.24) is 4.90 Å². The van der Waals surface area contributed by atoms with Crippen LogP contribution < -0.4 is 0 Å². The van der Waals surface area contributed by atoms with Crippen LogP contribution >= 0.6 is 11.8 Å². The summed E-state index contributed by atoms with van der Waals surface area (Å²) in [5, 5.41) is 3.05. The summed E-state index contributed by atoms with van der Waals surface area (Å²) in [5.74, 6) is -0.00130. The lowest BCUT2D eigenvalue weighted by atomic mass is 10.0. The fourth-order valence-electron chi connectivity index (χ4n) is 3.79. The first-order valence-corrected chi connectivity index (χ1v) is 11.4. The monoisotopic (exact) mass is 434 g/mol. The smallest absolute Gasteiger partial charge is 0.267 e. The Morgan fingerprint density at radius 1 is 0.750 bits per heavy atom.